The van der Waals surface area contributed by atoms with Crippen LogP contribution in [0.25, 0.3) is 0 Å². The molecule has 0 aliphatic heterocycles. The van der Waals surface area contributed by atoms with Crippen molar-refractivity contribution in [1.82, 2.24) is 5.32 Å². The molecule has 0 aromatic heterocycles. The van der Waals surface area contributed by atoms with Crippen LogP contribution < -0.4 is 20.5 Å². The van der Waals surface area contributed by atoms with E-state index in [4.69, 9.17) is 31.5 Å². The number of esters is 1. The topological polar surface area (TPSA) is 99.9 Å². The van der Waals surface area contributed by atoms with Crippen LogP contribution in [0.3, 0.4) is 0 Å². The van der Waals surface area contributed by atoms with Crippen LogP contribution in [0.5, 0.6) is 11.5 Å². The summed E-state index contributed by atoms with van der Waals surface area (Å²) in [5.74, 6) is -0.223. The molecule has 0 fully saturated rings. The van der Waals surface area contributed by atoms with Crippen molar-refractivity contribution in [2.45, 2.75) is 6.54 Å². The second-order valence-corrected chi connectivity index (χ2v) is 5.68. The van der Waals surface area contributed by atoms with E-state index in [1.807, 2.05) is 12.1 Å². The van der Waals surface area contributed by atoms with E-state index in [0.29, 0.717) is 6.54 Å². The average Bonchev–Trinajstić information content (AvgIpc) is 2.66. The van der Waals surface area contributed by atoms with E-state index < -0.39 is 18.5 Å². The number of amides is 1. The van der Waals surface area contributed by atoms with Crippen LogP contribution in [0, 0.1) is 0 Å². The lowest BCUT2D eigenvalue weighted by Gasteiger charge is -2.11. The fourth-order valence-corrected chi connectivity index (χ4v) is 2.27. The van der Waals surface area contributed by atoms with Gasteiger partial charge < -0.3 is 25.3 Å². The van der Waals surface area contributed by atoms with Crippen LogP contribution in [0.2, 0.25) is 5.02 Å². The van der Waals surface area contributed by atoms with Gasteiger partial charge >= 0.3 is 5.97 Å². The Balaban J connectivity index is 1.88. The summed E-state index contributed by atoms with van der Waals surface area (Å²) in [5.41, 5.74) is 6.92. The molecule has 0 unspecified atom stereocenters. The summed E-state index contributed by atoms with van der Waals surface area (Å²) in [5, 5.41) is 2.85. The van der Waals surface area contributed by atoms with Gasteiger partial charge in [0.05, 0.1) is 24.9 Å². The first-order valence-electron chi connectivity index (χ1n) is 7.64. The zero-order chi connectivity index (χ0) is 19.1. The molecule has 2 rings (SSSR count). The quantitative estimate of drug-likeness (QED) is 0.567. The van der Waals surface area contributed by atoms with Gasteiger partial charge in [0.15, 0.2) is 6.61 Å². The smallest absolute Gasteiger partial charge is 0.342 e. The summed E-state index contributed by atoms with van der Waals surface area (Å²) >= 11 is 5.91. The second-order valence-electron chi connectivity index (χ2n) is 5.27. The summed E-state index contributed by atoms with van der Waals surface area (Å²) in [6.45, 7) is -0.127. The van der Waals surface area contributed by atoms with E-state index in [-0.39, 0.29) is 22.0 Å². The van der Waals surface area contributed by atoms with Gasteiger partial charge in [0, 0.05) is 12.6 Å². The van der Waals surface area contributed by atoms with Crippen LogP contribution in [-0.2, 0) is 16.1 Å². The first-order chi connectivity index (χ1) is 12.4. The molecule has 2 aromatic rings. The number of rotatable bonds is 7. The monoisotopic (exact) mass is 378 g/mol. The molecular formula is C18H19ClN2O5. The Hall–Kier alpha value is -2.93. The van der Waals surface area contributed by atoms with E-state index in [0.717, 1.165) is 11.3 Å². The number of anilines is 1. The molecule has 0 saturated carbocycles. The fourth-order valence-electron chi connectivity index (χ4n) is 2.10. The molecule has 138 valence electrons. The minimum absolute atomic E-state index is 0.0923. The number of nitrogens with one attached hydrogen (secondary N) is 1. The Labute approximate surface area is 156 Å². The molecule has 0 aliphatic rings. The van der Waals surface area contributed by atoms with Gasteiger partial charge in [-0.1, -0.05) is 23.7 Å². The van der Waals surface area contributed by atoms with Crippen LogP contribution in [0.15, 0.2) is 36.4 Å². The van der Waals surface area contributed by atoms with Gasteiger partial charge in [0.1, 0.15) is 17.1 Å². The highest BCUT2D eigenvalue weighted by Gasteiger charge is 2.17. The third kappa shape index (κ3) is 5.03. The molecule has 0 bridgehead atoms. The highest BCUT2D eigenvalue weighted by Crippen LogP contribution is 2.29. The van der Waals surface area contributed by atoms with Gasteiger partial charge in [-0.3, -0.25) is 4.79 Å². The molecule has 3 N–H and O–H groups in total. The van der Waals surface area contributed by atoms with Gasteiger partial charge in [-0.05, 0) is 23.8 Å². The molecular weight excluding hydrogens is 360 g/mol. The summed E-state index contributed by atoms with van der Waals surface area (Å²) in [4.78, 5) is 24.0. The lowest BCUT2D eigenvalue weighted by atomic mass is 10.2. The van der Waals surface area contributed by atoms with Gasteiger partial charge in [-0.25, -0.2) is 4.79 Å². The van der Waals surface area contributed by atoms with Gasteiger partial charge in [-0.2, -0.15) is 0 Å². The zero-order valence-electron chi connectivity index (χ0n) is 14.4. The number of halogens is 1. The highest BCUT2D eigenvalue weighted by atomic mass is 35.5. The van der Waals surface area contributed by atoms with Crippen LogP contribution in [-0.4, -0.2) is 32.7 Å². The van der Waals surface area contributed by atoms with Crippen molar-refractivity contribution < 1.29 is 23.8 Å². The predicted octanol–water partition coefficient (Wildman–Crippen LogP) is 2.41. The van der Waals surface area contributed by atoms with Crippen molar-refractivity contribution in [2.24, 2.45) is 0 Å². The largest absolute Gasteiger partial charge is 0.497 e. The van der Waals surface area contributed by atoms with Crippen molar-refractivity contribution in [2.75, 3.05) is 26.6 Å². The van der Waals surface area contributed by atoms with Crippen LogP contribution in [0.1, 0.15) is 15.9 Å². The van der Waals surface area contributed by atoms with Crippen molar-refractivity contribution in [3.63, 3.8) is 0 Å². The molecule has 0 heterocycles. The lowest BCUT2D eigenvalue weighted by molar-refractivity contribution is -0.124. The molecule has 0 spiro atoms. The Kier molecular flexibility index (Phi) is 6.68. The Morgan fingerprint density at radius 2 is 1.81 bits per heavy atom. The highest BCUT2D eigenvalue weighted by molar-refractivity contribution is 6.33. The first-order valence-corrected chi connectivity index (χ1v) is 8.02. The number of carbonyl (C=O) groups excluding carboxylic acids is 2. The SMILES string of the molecule is COc1ccc(CNC(=O)COC(=O)c2cc(Cl)c(N)cc2OC)cc1. The summed E-state index contributed by atoms with van der Waals surface area (Å²) in [7, 11) is 2.97. The van der Waals surface area contributed by atoms with E-state index in [1.165, 1.54) is 19.2 Å². The number of methoxy groups -OCH3 is 2. The Morgan fingerprint density at radius 3 is 2.42 bits per heavy atom. The lowest BCUT2D eigenvalue weighted by Crippen LogP contribution is -2.28. The maximum absolute atomic E-state index is 12.1. The number of nitrogen functional groups attached to an aromatic ring is 1. The van der Waals surface area contributed by atoms with Crippen molar-refractivity contribution in [3.8, 4) is 11.5 Å². The number of carbonyl (C=O) groups is 2. The molecule has 0 saturated heterocycles. The van der Waals surface area contributed by atoms with Crippen molar-refractivity contribution in [1.29, 1.82) is 0 Å². The van der Waals surface area contributed by atoms with E-state index in [1.54, 1.807) is 19.2 Å². The van der Waals surface area contributed by atoms with E-state index in [9.17, 15) is 9.59 Å². The number of nitrogens with two attached hydrogens (primary N) is 1. The normalized spacial score (nSPS) is 10.1. The molecule has 7 nitrogen and oxygen atoms in total. The van der Waals surface area contributed by atoms with E-state index in [2.05, 4.69) is 5.32 Å². The van der Waals surface area contributed by atoms with Gasteiger partial charge in [-0.15, -0.1) is 0 Å². The molecule has 8 heteroatoms. The van der Waals surface area contributed by atoms with Crippen LogP contribution >= 0.6 is 11.6 Å². The summed E-state index contributed by atoms with van der Waals surface area (Å²) in [6.07, 6.45) is 0. The van der Waals surface area contributed by atoms with Crippen molar-refractivity contribution in [3.05, 3.63) is 52.5 Å². The molecule has 2 aromatic carbocycles. The van der Waals surface area contributed by atoms with Crippen molar-refractivity contribution >= 4 is 29.2 Å². The number of ether oxygens (including phenoxy) is 3. The molecule has 0 aliphatic carbocycles. The average molecular weight is 379 g/mol. The number of hydrogen-bond donors (Lipinski definition) is 2. The molecule has 1 amide bonds. The standard InChI is InChI=1S/C18H19ClN2O5/c1-24-12-5-3-11(4-6-12)9-21-17(22)10-26-18(23)13-7-14(19)15(20)8-16(13)25-2/h3-8H,9-10,20H2,1-2H3,(H,21,22). The first kappa shape index (κ1) is 19.4. The minimum atomic E-state index is -0.733. The molecule has 0 radical (unpaired) electrons. The predicted molar refractivity (Wildman–Crippen MR) is 97.5 cm³/mol. The zero-order valence-corrected chi connectivity index (χ0v) is 15.1. The summed E-state index contributed by atoms with van der Waals surface area (Å²) in [6, 6.07) is 9.99. The number of benzene rings is 2. The molecule has 26 heavy (non-hydrogen) atoms. The third-order valence-electron chi connectivity index (χ3n) is 3.52. The van der Waals surface area contributed by atoms with E-state index >= 15 is 0 Å². The van der Waals surface area contributed by atoms with Gasteiger partial charge in [0.2, 0.25) is 0 Å². The second kappa shape index (κ2) is 8.96. The third-order valence-corrected chi connectivity index (χ3v) is 3.85. The van der Waals surface area contributed by atoms with Gasteiger partial charge in [0.25, 0.3) is 5.91 Å². The Bertz CT molecular complexity index is 793. The summed E-state index contributed by atoms with van der Waals surface area (Å²) < 4.78 is 15.1. The molecule has 0 atom stereocenters. The fraction of sp³-hybridized carbons (Fsp3) is 0.222. The Morgan fingerprint density at radius 1 is 1.12 bits per heavy atom. The maximum Gasteiger partial charge on any atom is 0.342 e. The number of hydrogen-bond acceptors (Lipinski definition) is 6. The maximum atomic E-state index is 12.1. The van der Waals surface area contributed by atoms with Crippen LogP contribution in [0.4, 0.5) is 5.69 Å². The minimum Gasteiger partial charge on any atom is -0.497 e.